The van der Waals surface area contributed by atoms with Crippen LogP contribution < -0.4 is 11.1 Å². The second-order valence-electron chi connectivity index (χ2n) is 5.60. The van der Waals surface area contributed by atoms with Gasteiger partial charge < -0.3 is 15.8 Å². The number of para-hydroxylation sites is 1. The summed E-state index contributed by atoms with van der Waals surface area (Å²) in [5.74, 6) is -0.315. The van der Waals surface area contributed by atoms with Crippen molar-refractivity contribution in [3.8, 4) is 0 Å². The van der Waals surface area contributed by atoms with Gasteiger partial charge in [-0.25, -0.2) is 4.79 Å². The average molecular weight is 312 g/mol. The van der Waals surface area contributed by atoms with E-state index in [4.69, 9.17) is 10.5 Å². The van der Waals surface area contributed by atoms with E-state index in [1.807, 2.05) is 18.2 Å². The van der Waals surface area contributed by atoms with Crippen LogP contribution in [0.4, 0.5) is 5.69 Å². The van der Waals surface area contributed by atoms with Gasteiger partial charge in [0, 0.05) is 5.69 Å². The topological polar surface area (TPSA) is 64.4 Å². The molecule has 0 aromatic heterocycles. The van der Waals surface area contributed by atoms with Crippen LogP contribution in [0.2, 0.25) is 0 Å². The zero-order valence-electron chi connectivity index (χ0n) is 13.5. The van der Waals surface area contributed by atoms with E-state index in [0.29, 0.717) is 11.3 Å². The van der Waals surface area contributed by atoms with Crippen LogP contribution in [0, 0.1) is 6.92 Å². The van der Waals surface area contributed by atoms with Crippen LogP contribution in [0.1, 0.15) is 28.8 Å². The number of rotatable bonds is 2. The molecule has 1 aliphatic heterocycles. The summed E-state index contributed by atoms with van der Waals surface area (Å²) in [4.78, 5) is 11.8. The Bertz CT molecular complexity index is 608. The molecule has 0 radical (unpaired) electrons. The summed E-state index contributed by atoms with van der Waals surface area (Å²) in [5.41, 5.74) is 7.97. The molecule has 4 nitrogen and oxygen atoms in total. The van der Waals surface area contributed by atoms with Crippen molar-refractivity contribution in [2.45, 2.75) is 25.9 Å². The minimum Gasteiger partial charge on any atom is -0.459 e. The van der Waals surface area contributed by atoms with Crippen molar-refractivity contribution in [2.75, 3.05) is 18.8 Å². The first-order valence-electron chi connectivity index (χ1n) is 7.94. The molecule has 1 fully saturated rings. The molecule has 0 unspecified atom stereocenters. The number of piperidine rings is 1. The van der Waals surface area contributed by atoms with E-state index in [9.17, 15) is 4.79 Å². The van der Waals surface area contributed by atoms with Crippen molar-refractivity contribution in [3.63, 3.8) is 0 Å². The van der Waals surface area contributed by atoms with Gasteiger partial charge in [-0.05, 0) is 45.0 Å². The Kier molecular flexibility index (Phi) is 6.63. The van der Waals surface area contributed by atoms with Gasteiger partial charge in [-0.1, -0.05) is 48.0 Å². The van der Waals surface area contributed by atoms with Crippen LogP contribution in [-0.4, -0.2) is 25.2 Å². The van der Waals surface area contributed by atoms with E-state index in [1.165, 1.54) is 5.56 Å². The molecular formula is C19H24N2O2. The lowest BCUT2D eigenvalue weighted by molar-refractivity contribution is 0.0231. The number of aryl methyl sites for hydroxylation is 1. The number of ether oxygens (including phenoxy) is 1. The van der Waals surface area contributed by atoms with Gasteiger partial charge in [0.25, 0.3) is 0 Å². The molecule has 0 atom stereocenters. The standard InChI is InChI=1S/C12H16N2O2.C7H8/c13-11-4-2-1-3-10(11)12(15)16-9-5-7-14-8-6-9;1-7-5-3-2-4-6-7/h1-4,9,14H,5-8,13H2;2-6H,1H3. The van der Waals surface area contributed by atoms with Crippen LogP contribution in [-0.2, 0) is 4.74 Å². The van der Waals surface area contributed by atoms with Crippen molar-refractivity contribution in [1.29, 1.82) is 0 Å². The highest BCUT2D eigenvalue weighted by Crippen LogP contribution is 2.15. The normalized spacial score (nSPS) is 14.5. The highest BCUT2D eigenvalue weighted by molar-refractivity contribution is 5.95. The van der Waals surface area contributed by atoms with Crippen LogP contribution in [0.5, 0.6) is 0 Å². The maximum absolute atomic E-state index is 11.8. The van der Waals surface area contributed by atoms with E-state index in [-0.39, 0.29) is 12.1 Å². The van der Waals surface area contributed by atoms with Gasteiger partial charge >= 0.3 is 5.97 Å². The van der Waals surface area contributed by atoms with Crippen LogP contribution in [0.15, 0.2) is 54.6 Å². The predicted octanol–water partition coefficient (Wildman–Crippen LogP) is 3.17. The monoisotopic (exact) mass is 312 g/mol. The van der Waals surface area contributed by atoms with Gasteiger partial charge in [-0.3, -0.25) is 0 Å². The summed E-state index contributed by atoms with van der Waals surface area (Å²) in [6.07, 6.45) is 1.77. The van der Waals surface area contributed by atoms with E-state index < -0.39 is 0 Å². The molecule has 3 rings (SSSR count). The number of esters is 1. The van der Waals surface area contributed by atoms with E-state index >= 15 is 0 Å². The third-order valence-electron chi connectivity index (χ3n) is 3.68. The largest absolute Gasteiger partial charge is 0.459 e. The zero-order chi connectivity index (χ0) is 16.5. The van der Waals surface area contributed by atoms with Crippen molar-refractivity contribution in [1.82, 2.24) is 5.32 Å². The van der Waals surface area contributed by atoms with Gasteiger partial charge in [0.1, 0.15) is 6.10 Å². The first-order chi connectivity index (χ1) is 11.2. The molecule has 2 aromatic rings. The van der Waals surface area contributed by atoms with Gasteiger partial charge in [0.05, 0.1) is 5.56 Å². The number of hydrogen-bond acceptors (Lipinski definition) is 4. The number of carbonyl (C=O) groups is 1. The molecule has 0 saturated carbocycles. The predicted molar refractivity (Wildman–Crippen MR) is 93.3 cm³/mol. The van der Waals surface area contributed by atoms with Crippen LogP contribution in [0.25, 0.3) is 0 Å². The quantitative estimate of drug-likeness (QED) is 0.660. The molecule has 23 heavy (non-hydrogen) atoms. The lowest BCUT2D eigenvalue weighted by Gasteiger charge is -2.22. The van der Waals surface area contributed by atoms with Crippen molar-refractivity contribution < 1.29 is 9.53 Å². The first-order valence-corrected chi connectivity index (χ1v) is 7.94. The first kappa shape index (κ1) is 17.0. The molecule has 2 aromatic carbocycles. The van der Waals surface area contributed by atoms with Gasteiger partial charge in [0.15, 0.2) is 0 Å². The summed E-state index contributed by atoms with van der Waals surface area (Å²) in [6, 6.07) is 17.3. The maximum atomic E-state index is 11.8. The average Bonchev–Trinajstić information content (AvgIpc) is 2.57. The Hall–Kier alpha value is -2.33. The summed E-state index contributed by atoms with van der Waals surface area (Å²) < 4.78 is 5.40. The fourth-order valence-electron chi connectivity index (χ4n) is 2.35. The molecule has 1 aliphatic rings. The summed E-state index contributed by atoms with van der Waals surface area (Å²) in [5, 5.41) is 3.22. The highest BCUT2D eigenvalue weighted by Gasteiger charge is 2.19. The Balaban J connectivity index is 0.000000229. The van der Waals surface area contributed by atoms with E-state index in [0.717, 1.165) is 25.9 Å². The summed E-state index contributed by atoms with van der Waals surface area (Å²) in [7, 11) is 0. The summed E-state index contributed by atoms with van der Waals surface area (Å²) >= 11 is 0. The lowest BCUT2D eigenvalue weighted by Crippen LogP contribution is -2.33. The second-order valence-corrected chi connectivity index (χ2v) is 5.60. The smallest absolute Gasteiger partial charge is 0.340 e. The molecule has 4 heteroatoms. The zero-order valence-corrected chi connectivity index (χ0v) is 13.5. The molecular weight excluding hydrogens is 288 g/mol. The van der Waals surface area contributed by atoms with E-state index in [2.05, 4.69) is 24.4 Å². The number of nitrogen functional groups attached to an aromatic ring is 1. The lowest BCUT2D eigenvalue weighted by atomic mass is 10.1. The van der Waals surface area contributed by atoms with Crippen molar-refractivity contribution >= 4 is 11.7 Å². The highest BCUT2D eigenvalue weighted by atomic mass is 16.5. The molecule has 0 spiro atoms. The molecule has 0 bridgehead atoms. The van der Waals surface area contributed by atoms with Crippen LogP contribution >= 0.6 is 0 Å². The minimum absolute atomic E-state index is 0.0216. The Morgan fingerprint density at radius 3 is 2.22 bits per heavy atom. The Morgan fingerprint density at radius 2 is 1.65 bits per heavy atom. The fourth-order valence-corrected chi connectivity index (χ4v) is 2.35. The fraction of sp³-hybridized carbons (Fsp3) is 0.316. The number of anilines is 1. The van der Waals surface area contributed by atoms with Crippen LogP contribution in [0.3, 0.4) is 0 Å². The van der Waals surface area contributed by atoms with Gasteiger partial charge in [-0.15, -0.1) is 0 Å². The van der Waals surface area contributed by atoms with Crippen molar-refractivity contribution in [2.24, 2.45) is 0 Å². The van der Waals surface area contributed by atoms with Crippen molar-refractivity contribution in [3.05, 3.63) is 65.7 Å². The Morgan fingerprint density at radius 1 is 1.04 bits per heavy atom. The van der Waals surface area contributed by atoms with Gasteiger partial charge in [0.2, 0.25) is 0 Å². The molecule has 0 amide bonds. The number of benzene rings is 2. The Labute approximate surface area is 137 Å². The molecule has 3 N–H and O–H groups in total. The third-order valence-corrected chi connectivity index (χ3v) is 3.68. The SMILES string of the molecule is Cc1ccccc1.Nc1ccccc1C(=O)OC1CCNCC1. The molecule has 1 saturated heterocycles. The summed E-state index contributed by atoms with van der Waals surface area (Å²) in [6.45, 7) is 3.89. The van der Waals surface area contributed by atoms with E-state index in [1.54, 1.807) is 24.3 Å². The third kappa shape index (κ3) is 5.75. The minimum atomic E-state index is -0.315. The number of carbonyl (C=O) groups excluding carboxylic acids is 1. The number of nitrogens with two attached hydrogens (primary N) is 1. The molecule has 122 valence electrons. The molecule has 0 aliphatic carbocycles. The number of nitrogens with one attached hydrogen (secondary N) is 1. The number of hydrogen-bond donors (Lipinski definition) is 2. The molecule has 1 heterocycles. The maximum Gasteiger partial charge on any atom is 0.340 e. The second kappa shape index (κ2) is 8.96. The van der Waals surface area contributed by atoms with Gasteiger partial charge in [-0.2, -0.15) is 0 Å².